The van der Waals surface area contributed by atoms with Crippen LogP contribution in [0.3, 0.4) is 0 Å². The van der Waals surface area contributed by atoms with Crippen molar-refractivity contribution in [1.29, 1.82) is 0 Å². The average molecular weight is 257 g/mol. The molecule has 1 rings (SSSR count). The van der Waals surface area contributed by atoms with Gasteiger partial charge in [-0.05, 0) is 12.2 Å². The first-order valence-corrected chi connectivity index (χ1v) is 6.37. The van der Waals surface area contributed by atoms with Crippen molar-refractivity contribution < 1.29 is 15.0 Å². The topological polar surface area (TPSA) is 95.3 Å². The second-order valence-electron chi connectivity index (χ2n) is 3.21. The first kappa shape index (κ1) is 13.7. The lowest BCUT2D eigenvalue weighted by atomic mass is 10.4. The predicted octanol–water partition coefficient (Wildman–Crippen LogP) is 0.702. The molecule has 0 atom stereocenters. The fraction of sp³-hybridized carbons (Fsp3) is 0.500. The molecule has 0 fully saturated rings. The van der Waals surface area contributed by atoms with Gasteiger partial charge in [0.1, 0.15) is 5.82 Å². The van der Waals surface area contributed by atoms with E-state index in [-0.39, 0.29) is 12.3 Å². The summed E-state index contributed by atoms with van der Waals surface area (Å²) in [4.78, 5) is 18.2. The molecule has 94 valence electrons. The first-order chi connectivity index (χ1) is 8.24. The highest BCUT2D eigenvalue weighted by atomic mass is 32.2. The molecule has 0 aromatic carbocycles. The Kier molecular flexibility index (Phi) is 6.34. The monoisotopic (exact) mass is 257 g/mol. The van der Waals surface area contributed by atoms with Gasteiger partial charge in [-0.25, -0.2) is 14.8 Å². The third kappa shape index (κ3) is 5.50. The number of carboxylic acid groups (broad SMARTS) is 1. The number of aliphatic hydroxyl groups is 1. The fourth-order valence-electron chi connectivity index (χ4n) is 1.05. The number of thioether (sulfide) groups is 1. The van der Waals surface area contributed by atoms with Crippen LogP contribution < -0.4 is 5.32 Å². The maximum atomic E-state index is 10.5. The summed E-state index contributed by atoms with van der Waals surface area (Å²) in [5.41, 5.74) is -0.0622. The number of aromatic nitrogens is 2. The summed E-state index contributed by atoms with van der Waals surface area (Å²) in [6, 6.07) is 0. The van der Waals surface area contributed by atoms with Crippen molar-refractivity contribution in [2.75, 3.05) is 30.0 Å². The third-order valence-electron chi connectivity index (χ3n) is 1.87. The van der Waals surface area contributed by atoms with Crippen molar-refractivity contribution in [2.45, 2.75) is 6.42 Å². The van der Waals surface area contributed by atoms with E-state index in [1.165, 1.54) is 12.4 Å². The normalized spacial score (nSPS) is 10.2. The summed E-state index contributed by atoms with van der Waals surface area (Å²) >= 11 is 1.74. The Morgan fingerprint density at radius 1 is 1.35 bits per heavy atom. The number of nitrogens with zero attached hydrogens (tertiary/aromatic N) is 2. The van der Waals surface area contributed by atoms with Gasteiger partial charge in [0.2, 0.25) is 0 Å². The molecule has 1 heterocycles. The third-order valence-corrected chi connectivity index (χ3v) is 2.94. The zero-order valence-corrected chi connectivity index (χ0v) is 10.1. The minimum absolute atomic E-state index is 0.0622. The second-order valence-corrected chi connectivity index (χ2v) is 4.43. The maximum Gasteiger partial charge on any atom is 0.356 e. The van der Waals surface area contributed by atoms with Crippen LogP contribution in [0.5, 0.6) is 0 Å². The van der Waals surface area contributed by atoms with Crippen LogP contribution in [-0.4, -0.2) is 50.8 Å². The van der Waals surface area contributed by atoms with Crippen molar-refractivity contribution in [3.63, 3.8) is 0 Å². The van der Waals surface area contributed by atoms with Gasteiger partial charge in [0.15, 0.2) is 5.69 Å². The van der Waals surface area contributed by atoms with E-state index in [1.807, 2.05) is 0 Å². The molecule has 1 aromatic rings. The van der Waals surface area contributed by atoms with Gasteiger partial charge in [-0.15, -0.1) is 0 Å². The van der Waals surface area contributed by atoms with E-state index in [2.05, 4.69) is 15.3 Å². The molecule has 3 N–H and O–H groups in total. The average Bonchev–Trinajstić information content (AvgIpc) is 2.34. The minimum atomic E-state index is -1.08. The van der Waals surface area contributed by atoms with E-state index in [0.717, 1.165) is 24.5 Å². The molecule has 0 amide bonds. The van der Waals surface area contributed by atoms with Gasteiger partial charge in [-0.3, -0.25) is 0 Å². The summed E-state index contributed by atoms with van der Waals surface area (Å²) < 4.78 is 0. The Labute approximate surface area is 103 Å². The van der Waals surface area contributed by atoms with Gasteiger partial charge in [-0.2, -0.15) is 11.8 Å². The molecular weight excluding hydrogens is 242 g/mol. The summed E-state index contributed by atoms with van der Waals surface area (Å²) in [5, 5.41) is 20.2. The van der Waals surface area contributed by atoms with Crippen LogP contribution in [0.2, 0.25) is 0 Å². The maximum absolute atomic E-state index is 10.5. The second kappa shape index (κ2) is 7.86. The van der Waals surface area contributed by atoms with Crippen molar-refractivity contribution in [3.8, 4) is 0 Å². The molecule has 0 radical (unpaired) electrons. The van der Waals surface area contributed by atoms with E-state index in [0.29, 0.717) is 5.82 Å². The zero-order chi connectivity index (χ0) is 12.5. The van der Waals surface area contributed by atoms with Crippen LogP contribution >= 0.6 is 11.8 Å². The van der Waals surface area contributed by atoms with Crippen molar-refractivity contribution in [3.05, 3.63) is 18.1 Å². The SMILES string of the molecule is O=C(O)c1cnc(NCCSCCCO)cn1. The quantitative estimate of drug-likeness (QED) is 0.590. The number of hydrogen-bond acceptors (Lipinski definition) is 6. The number of carbonyl (C=O) groups is 1. The number of nitrogens with one attached hydrogen (secondary N) is 1. The predicted molar refractivity (Wildman–Crippen MR) is 66.5 cm³/mol. The Bertz CT molecular complexity index is 345. The number of carboxylic acids is 1. The summed E-state index contributed by atoms with van der Waals surface area (Å²) in [7, 11) is 0. The van der Waals surface area contributed by atoms with Gasteiger partial charge in [0, 0.05) is 18.9 Å². The highest BCUT2D eigenvalue weighted by Gasteiger charge is 2.03. The largest absolute Gasteiger partial charge is 0.476 e. The molecule has 1 aromatic heterocycles. The zero-order valence-electron chi connectivity index (χ0n) is 9.30. The summed E-state index contributed by atoms with van der Waals surface area (Å²) in [6.45, 7) is 0.958. The molecule has 0 aliphatic rings. The first-order valence-electron chi connectivity index (χ1n) is 5.22. The molecule has 0 saturated heterocycles. The fourth-order valence-corrected chi connectivity index (χ4v) is 1.83. The standard InChI is InChI=1S/C10H15N3O3S/c14-3-1-4-17-5-2-11-9-7-12-8(6-13-9)10(15)16/h6-7,14H,1-5H2,(H,11,13)(H,15,16). The van der Waals surface area contributed by atoms with Gasteiger partial charge in [0.05, 0.1) is 12.4 Å². The van der Waals surface area contributed by atoms with Gasteiger partial charge in [-0.1, -0.05) is 0 Å². The lowest BCUT2D eigenvalue weighted by Gasteiger charge is -2.04. The molecule has 0 bridgehead atoms. The molecule has 17 heavy (non-hydrogen) atoms. The lowest BCUT2D eigenvalue weighted by Crippen LogP contribution is -2.08. The van der Waals surface area contributed by atoms with Crippen LogP contribution in [0.1, 0.15) is 16.9 Å². The molecule has 0 saturated carbocycles. The van der Waals surface area contributed by atoms with Crippen LogP contribution in [0.15, 0.2) is 12.4 Å². The van der Waals surface area contributed by atoms with E-state index in [1.54, 1.807) is 11.8 Å². The van der Waals surface area contributed by atoms with Crippen LogP contribution in [0.25, 0.3) is 0 Å². The number of aromatic carboxylic acids is 1. The molecule has 0 aliphatic carbocycles. The van der Waals surface area contributed by atoms with E-state index >= 15 is 0 Å². The Hall–Kier alpha value is -1.34. The van der Waals surface area contributed by atoms with E-state index in [9.17, 15) is 4.79 Å². The smallest absolute Gasteiger partial charge is 0.356 e. The highest BCUT2D eigenvalue weighted by molar-refractivity contribution is 7.99. The lowest BCUT2D eigenvalue weighted by molar-refractivity contribution is 0.0690. The van der Waals surface area contributed by atoms with Crippen molar-refractivity contribution in [1.82, 2.24) is 9.97 Å². The van der Waals surface area contributed by atoms with Crippen LogP contribution in [-0.2, 0) is 0 Å². The molecular formula is C10H15N3O3S. The molecule has 0 spiro atoms. The van der Waals surface area contributed by atoms with Gasteiger partial charge < -0.3 is 15.5 Å². The molecule has 0 unspecified atom stereocenters. The Morgan fingerprint density at radius 3 is 2.76 bits per heavy atom. The molecule has 0 aliphatic heterocycles. The van der Waals surface area contributed by atoms with E-state index < -0.39 is 5.97 Å². The minimum Gasteiger partial charge on any atom is -0.476 e. The number of aliphatic hydroxyl groups excluding tert-OH is 1. The summed E-state index contributed by atoms with van der Waals surface area (Å²) in [5.74, 6) is 1.32. The van der Waals surface area contributed by atoms with Crippen molar-refractivity contribution in [2.24, 2.45) is 0 Å². The van der Waals surface area contributed by atoms with Crippen molar-refractivity contribution >= 4 is 23.5 Å². The Balaban J connectivity index is 2.21. The van der Waals surface area contributed by atoms with Gasteiger partial charge in [0.25, 0.3) is 0 Å². The Morgan fingerprint density at radius 2 is 2.18 bits per heavy atom. The van der Waals surface area contributed by atoms with Gasteiger partial charge >= 0.3 is 5.97 Å². The van der Waals surface area contributed by atoms with E-state index in [4.69, 9.17) is 10.2 Å². The molecule has 6 nitrogen and oxygen atoms in total. The number of rotatable bonds is 8. The molecule has 7 heteroatoms. The number of anilines is 1. The number of hydrogen-bond donors (Lipinski definition) is 3. The van der Waals surface area contributed by atoms with Crippen LogP contribution in [0.4, 0.5) is 5.82 Å². The summed E-state index contributed by atoms with van der Waals surface area (Å²) in [6.07, 6.45) is 3.43. The van der Waals surface area contributed by atoms with Crippen LogP contribution in [0, 0.1) is 0 Å². The highest BCUT2D eigenvalue weighted by Crippen LogP contribution is 2.04.